The molecular weight excluding hydrogens is 322 g/mol. The maximum atomic E-state index is 12.1. The summed E-state index contributed by atoms with van der Waals surface area (Å²) in [4.78, 5) is 43.7. The van der Waals surface area contributed by atoms with Crippen LogP contribution in [0.4, 0.5) is 11.4 Å². The van der Waals surface area contributed by atoms with E-state index in [4.69, 9.17) is 4.74 Å². The highest BCUT2D eigenvalue weighted by atomic mass is 16.6. The van der Waals surface area contributed by atoms with Gasteiger partial charge >= 0.3 is 5.97 Å². The van der Waals surface area contributed by atoms with Gasteiger partial charge in [0.25, 0.3) is 17.3 Å². The number of ether oxygens (including phenoxy) is 1. The van der Waals surface area contributed by atoms with Crippen molar-refractivity contribution in [3.05, 3.63) is 44.0 Å². The molecular formula is C14H17N3O7. The fraction of sp³-hybridized carbons (Fsp3) is 0.429. The van der Waals surface area contributed by atoms with E-state index in [1.54, 1.807) is 0 Å². The van der Waals surface area contributed by atoms with Crippen molar-refractivity contribution in [2.24, 2.45) is 0 Å². The van der Waals surface area contributed by atoms with Gasteiger partial charge in [-0.1, -0.05) is 13.3 Å². The second-order valence-electron chi connectivity index (χ2n) is 4.97. The third-order valence-corrected chi connectivity index (χ3v) is 3.03. The summed E-state index contributed by atoms with van der Waals surface area (Å²) in [6, 6.07) is 1.56. The molecule has 10 nitrogen and oxygen atoms in total. The largest absolute Gasteiger partial charge is 0.464 e. The van der Waals surface area contributed by atoms with Crippen molar-refractivity contribution >= 4 is 23.3 Å². The third-order valence-electron chi connectivity index (χ3n) is 3.03. The number of carbonyl (C=O) groups excluding carboxylic acids is 2. The van der Waals surface area contributed by atoms with E-state index in [1.165, 1.54) is 6.92 Å². The molecule has 1 N–H and O–H groups in total. The number of hydrogen-bond acceptors (Lipinski definition) is 7. The number of nitro benzene ring substituents is 2. The van der Waals surface area contributed by atoms with Crippen molar-refractivity contribution in [1.29, 1.82) is 0 Å². The number of rotatable bonds is 8. The second kappa shape index (κ2) is 8.56. The maximum absolute atomic E-state index is 12.1. The molecule has 0 saturated carbocycles. The zero-order chi connectivity index (χ0) is 18.3. The van der Waals surface area contributed by atoms with E-state index in [2.05, 4.69) is 5.32 Å². The number of nitrogens with one attached hydrogen (secondary N) is 1. The molecule has 0 aliphatic rings. The van der Waals surface area contributed by atoms with Crippen LogP contribution in [0.5, 0.6) is 0 Å². The summed E-state index contributed by atoms with van der Waals surface area (Å²) < 4.78 is 4.93. The predicted molar refractivity (Wildman–Crippen MR) is 82.5 cm³/mol. The van der Waals surface area contributed by atoms with Crippen LogP contribution in [0.25, 0.3) is 0 Å². The Hall–Kier alpha value is -3.04. The Morgan fingerprint density at radius 3 is 2.17 bits per heavy atom. The summed E-state index contributed by atoms with van der Waals surface area (Å²) in [5.41, 5.74) is -1.47. The zero-order valence-electron chi connectivity index (χ0n) is 13.2. The van der Waals surface area contributed by atoms with Gasteiger partial charge in [0.15, 0.2) is 0 Å². The smallest absolute Gasteiger partial charge is 0.328 e. The molecule has 0 aromatic heterocycles. The number of nitrogens with zero attached hydrogens (tertiary/aromatic N) is 2. The van der Waals surface area contributed by atoms with Gasteiger partial charge in [0, 0.05) is 12.1 Å². The van der Waals surface area contributed by atoms with Gasteiger partial charge in [-0.2, -0.15) is 0 Å². The monoisotopic (exact) mass is 339 g/mol. The van der Waals surface area contributed by atoms with Crippen molar-refractivity contribution in [3.8, 4) is 0 Å². The van der Waals surface area contributed by atoms with Crippen molar-refractivity contribution in [2.45, 2.75) is 32.7 Å². The molecule has 24 heavy (non-hydrogen) atoms. The summed E-state index contributed by atoms with van der Waals surface area (Å²) in [7, 11) is 0. The van der Waals surface area contributed by atoms with E-state index in [-0.39, 0.29) is 12.2 Å². The maximum Gasteiger partial charge on any atom is 0.328 e. The van der Waals surface area contributed by atoms with Crippen LogP contribution in [0.15, 0.2) is 18.2 Å². The van der Waals surface area contributed by atoms with Gasteiger partial charge in [-0.15, -0.1) is 0 Å². The molecule has 1 amide bonds. The summed E-state index contributed by atoms with van der Waals surface area (Å²) in [5, 5.41) is 23.9. The lowest BCUT2D eigenvalue weighted by Crippen LogP contribution is -2.39. The molecule has 0 saturated heterocycles. The topological polar surface area (TPSA) is 142 Å². The van der Waals surface area contributed by atoms with Crippen LogP contribution >= 0.6 is 0 Å². The SMILES string of the molecule is CCCCOC(=O)C(C)NC(=O)c1cc([N+](=O)[O-])cc([N+](=O)[O-])c1. The Labute approximate surface area is 137 Å². The lowest BCUT2D eigenvalue weighted by molar-refractivity contribution is -0.394. The predicted octanol–water partition coefficient (Wildman–Crippen LogP) is 1.96. The Bertz CT molecular complexity index is 628. The van der Waals surface area contributed by atoms with Crippen LogP contribution in [0, 0.1) is 20.2 Å². The molecule has 130 valence electrons. The fourth-order valence-electron chi connectivity index (χ4n) is 1.72. The summed E-state index contributed by atoms with van der Waals surface area (Å²) >= 11 is 0. The molecule has 0 radical (unpaired) electrons. The molecule has 1 aromatic rings. The number of amides is 1. The van der Waals surface area contributed by atoms with Gasteiger partial charge in [0.05, 0.1) is 28.1 Å². The van der Waals surface area contributed by atoms with Crippen molar-refractivity contribution in [2.75, 3.05) is 6.61 Å². The van der Waals surface area contributed by atoms with Crippen LogP contribution in [0.1, 0.15) is 37.0 Å². The zero-order valence-corrected chi connectivity index (χ0v) is 13.2. The minimum atomic E-state index is -0.993. The normalized spacial score (nSPS) is 11.4. The Morgan fingerprint density at radius 1 is 1.17 bits per heavy atom. The van der Waals surface area contributed by atoms with Crippen molar-refractivity contribution < 1.29 is 24.2 Å². The highest BCUT2D eigenvalue weighted by Gasteiger charge is 2.23. The fourth-order valence-corrected chi connectivity index (χ4v) is 1.72. The standard InChI is InChI=1S/C14H17N3O7/c1-3-4-5-24-14(19)9(2)15-13(18)10-6-11(16(20)21)8-12(7-10)17(22)23/h6-9H,3-5H2,1-2H3,(H,15,18). The Kier molecular flexibility index (Phi) is 6.78. The highest BCUT2D eigenvalue weighted by molar-refractivity contribution is 5.97. The van der Waals surface area contributed by atoms with Gasteiger partial charge < -0.3 is 10.1 Å². The molecule has 1 atom stereocenters. The van der Waals surface area contributed by atoms with Gasteiger partial charge in [0.1, 0.15) is 6.04 Å². The average Bonchev–Trinajstić information content (AvgIpc) is 2.54. The van der Waals surface area contributed by atoms with E-state index in [0.717, 1.165) is 24.6 Å². The first kappa shape index (κ1) is 19.0. The van der Waals surface area contributed by atoms with Crippen LogP contribution in [0.2, 0.25) is 0 Å². The summed E-state index contributed by atoms with van der Waals surface area (Å²) in [6.45, 7) is 3.53. The van der Waals surface area contributed by atoms with Crippen LogP contribution < -0.4 is 5.32 Å². The van der Waals surface area contributed by atoms with Gasteiger partial charge in [-0.25, -0.2) is 4.79 Å². The number of esters is 1. The van der Waals surface area contributed by atoms with Gasteiger partial charge in [-0.3, -0.25) is 25.0 Å². The Balaban J connectivity index is 2.88. The summed E-state index contributed by atoms with van der Waals surface area (Å²) in [5.74, 6) is -1.50. The van der Waals surface area contributed by atoms with Gasteiger partial charge in [-0.05, 0) is 13.3 Å². The highest BCUT2D eigenvalue weighted by Crippen LogP contribution is 2.22. The van der Waals surface area contributed by atoms with Crippen molar-refractivity contribution in [1.82, 2.24) is 5.32 Å². The van der Waals surface area contributed by atoms with Gasteiger partial charge in [0.2, 0.25) is 0 Å². The molecule has 0 aliphatic carbocycles. The van der Waals surface area contributed by atoms with E-state index in [1.807, 2.05) is 6.92 Å². The first-order chi connectivity index (χ1) is 11.3. The van der Waals surface area contributed by atoms with E-state index < -0.39 is 39.1 Å². The minimum absolute atomic E-state index is 0.220. The summed E-state index contributed by atoms with van der Waals surface area (Å²) in [6.07, 6.45) is 1.52. The van der Waals surface area contributed by atoms with E-state index in [9.17, 15) is 29.8 Å². The number of hydrogen-bond donors (Lipinski definition) is 1. The molecule has 1 unspecified atom stereocenters. The molecule has 0 spiro atoms. The first-order valence-corrected chi connectivity index (χ1v) is 7.17. The van der Waals surface area contributed by atoms with Crippen molar-refractivity contribution in [3.63, 3.8) is 0 Å². The number of carbonyl (C=O) groups is 2. The number of nitro groups is 2. The van der Waals surface area contributed by atoms with Crippen LogP contribution in [-0.4, -0.2) is 34.4 Å². The van der Waals surface area contributed by atoms with Crippen LogP contribution in [-0.2, 0) is 9.53 Å². The third kappa shape index (κ3) is 5.30. The number of unbranched alkanes of at least 4 members (excludes halogenated alkanes) is 1. The Morgan fingerprint density at radius 2 is 1.71 bits per heavy atom. The average molecular weight is 339 g/mol. The first-order valence-electron chi connectivity index (χ1n) is 7.17. The molecule has 1 rings (SSSR count). The molecule has 0 heterocycles. The number of benzene rings is 1. The second-order valence-corrected chi connectivity index (χ2v) is 4.97. The quantitative estimate of drug-likeness (QED) is 0.330. The molecule has 0 bridgehead atoms. The molecule has 1 aromatic carbocycles. The van der Waals surface area contributed by atoms with E-state index in [0.29, 0.717) is 6.42 Å². The lowest BCUT2D eigenvalue weighted by Gasteiger charge is -2.13. The molecule has 0 aliphatic heterocycles. The lowest BCUT2D eigenvalue weighted by atomic mass is 10.1. The molecule has 0 fully saturated rings. The number of non-ortho nitro benzene ring substituents is 2. The van der Waals surface area contributed by atoms with Crippen LogP contribution in [0.3, 0.4) is 0 Å². The van der Waals surface area contributed by atoms with E-state index >= 15 is 0 Å². The molecule has 10 heteroatoms. The minimum Gasteiger partial charge on any atom is -0.464 e.